The van der Waals surface area contributed by atoms with E-state index in [0.717, 1.165) is 30.6 Å². The number of benzene rings is 1. The van der Waals surface area contributed by atoms with E-state index in [-0.39, 0.29) is 18.4 Å². The van der Waals surface area contributed by atoms with Crippen LogP contribution >= 0.6 is 0 Å². The molecule has 2 heterocycles. The summed E-state index contributed by atoms with van der Waals surface area (Å²) in [6.45, 7) is 5.29. The first-order valence-electron chi connectivity index (χ1n) is 9.09. The molecule has 2 N–H and O–H groups in total. The second-order valence-corrected chi connectivity index (χ2v) is 7.86. The normalized spacial score (nSPS) is 38.2. The van der Waals surface area contributed by atoms with Gasteiger partial charge in [-0.15, -0.1) is 6.58 Å². The van der Waals surface area contributed by atoms with E-state index >= 15 is 0 Å². The summed E-state index contributed by atoms with van der Waals surface area (Å²) < 4.78 is 6.17. The fourth-order valence-electron chi connectivity index (χ4n) is 5.99. The van der Waals surface area contributed by atoms with Crippen molar-refractivity contribution in [2.75, 3.05) is 13.1 Å². The van der Waals surface area contributed by atoms with Crippen molar-refractivity contribution in [3.05, 3.63) is 41.5 Å². The van der Waals surface area contributed by atoms with E-state index < -0.39 is 17.1 Å². The summed E-state index contributed by atoms with van der Waals surface area (Å²) in [5, 5.41) is 21.6. The number of likely N-dealkylation sites (tertiary alicyclic amines) is 1. The second kappa shape index (κ2) is 4.93. The van der Waals surface area contributed by atoms with Crippen LogP contribution < -0.4 is 4.74 Å². The molecule has 5 heteroatoms. The van der Waals surface area contributed by atoms with Crippen LogP contribution in [0.4, 0.5) is 0 Å². The fraction of sp³-hybridized carbons (Fsp3) is 0.550. The van der Waals surface area contributed by atoms with Crippen molar-refractivity contribution in [2.45, 2.75) is 55.5 Å². The zero-order valence-electron chi connectivity index (χ0n) is 14.2. The Morgan fingerprint density at radius 3 is 3.00 bits per heavy atom. The summed E-state index contributed by atoms with van der Waals surface area (Å²) in [6, 6.07) is 3.91. The van der Waals surface area contributed by atoms with Crippen LogP contribution in [0.2, 0.25) is 0 Å². The van der Waals surface area contributed by atoms with Crippen LogP contribution in [0.5, 0.6) is 5.75 Å². The highest BCUT2D eigenvalue weighted by Gasteiger charge is 2.72. The lowest BCUT2D eigenvalue weighted by Gasteiger charge is -2.62. The lowest BCUT2D eigenvalue weighted by atomic mass is 9.49. The predicted molar refractivity (Wildman–Crippen MR) is 91.5 cm³/mol. The summed E-state index contributed by atoms with van der Waals surface area (Å²) in [7, 11) is 0. The number of ketones is 1. The van der Waals surface area contributed by atoms with Gasteiger partial charge >= 0.3 is 0 Å². The van der Waals surface area contributed by atoms with Gasteiger partial charge in [0.2, 0.25) is 0 Å². The first-order chi connectivity index (χ1) is 12.1. The molecule has 0 amide bonds. The van der Waals surface area contributed by atoms with Gasteiger partial charge in [-0.25, -0.2) is 0 Å². The minimum Gasteiger partial charge on any atom is -0.481 e. The van der Waals surface area contributed by atoms with Crippen molar-refractivity contribution < 1.29 is 19.7 Å². The maximum absolute atomic E-state index is 12.7. The number of carbonyl (C=O) groups is 1. The summed E-state index contributed by atoms with van der Waals surface area (Å²) >= 11 is 0. The quantitative estimate of drug-likeness (QED) is 0.806. The molecule has 5 rings (SSSR count). The largest absolute Gasteiger partial charge is 0.481 e. The van der Waals surface area contributed by atoms with Gasteiger partial charge in [0.15, 0.2) is 11.9 Å². The molecule has 0 aromatic heterocycles. The van der Waals surface area contributed by atoms with Crippen molar-refractivity contribution in [1.82, 2.24) is 4.90 Å². The molecule has 1 saturated heterocycles. The molecule has 1 spiro atoms. The van der Waals surface area contributed by atoms with Crippen LogP contribution in [0.25, 0.3) is 0 Å². The molecule has 1 aromatic carbocycles. The van der Waals surface area contributed by atoms with E-state index in [9.17, 15) is 15.0 Å². The highest BCUT2D eigenvalue weighted by atomic mass is 16.5. The molecule has 2 aliphatic carbocycles. The minimum atomic E-state index is -0.973. The van der Waals surface area contributed by atoms with Crippen LogP contribution in [-0.4, -0.2) is 51.7 Å². The van der Waals surface area contributed by atoms with Gasteiger partial charge in [0.25, 0.3) is 0 Å². The summed E-state index contributed by atoms with van der Waals surface area (Å²) in [5.74, 6) is 0.725. The molecule has 132 valence electrons. The van der Waals surface area contributed by atoms with Crippen LogP contribution in [0.1, 0.15) is 36.0 Å². The Balaban J connectivity index is 1.79. The third kappa shape index (κ3) is 1.62. The van der Waals surface area contributed by atoms with Gasteiger partial charge in [-0.2, -0.15) is 0 Å². The van der Waals surface area contributed by atoms with Crippen LogP contribution in [0.15, 0.2) is 24.8 Å². The molecule has 1 saturated carbocycles. The van der Waals surface area contributed by atoms with E-state index in [1.54, 1.807) is 0 Å². The maximum atomic E-state index is 12.7. The first kappa shape index (κ1) is 15.6. The number of nitrogens with zero attached hydrogens (tertiary/aromatic N) is 1. The number of aliphatic hydroxyl groups is 2. The van der Waals surface area contributed by atoms with E-state index in [2.05, 4.69) is 11.5 Å². The monoisotopic (exact) mass is 341 g/mol. The lowest BCUT2D eigenvalue weighted by Crippen LogP contribution is -2.76. The molecule has 2 bridgehead atoms. The SMILES string of the molecule is C=CCN1CC[C@]23c4c5ccc(CO)c4O[C@H]2C(=O)CCC3(O)[C@H]1C5. The highest BCUT2D eigenvalue weighted by molar-refractivity contribution is 5.89. The number of ether oxygens (including phenoxy) is 1. The van der Waals surface area contributed by atoms with Gasteiger partial charge in [0, 0.05) is 36.7 Å². The zero-order chi connectivity index (χ0) is 17.4. The van der Waals surface area contributed by atoms with Crippen LogP contribution in [0, 0.1) is 0 Å². The standard InChI is InChI=1S/C20H23NO4/c1-2-8-21-9-7-19-16-12-3-4-13(11-22)17(16)25-18(19)14(23)5-6-20(19,24)15(21)10-12/h2-4,15,18,22,24H,1,5-11H2/t15-,18+,19+,20?/m1/s1. The van der Waals surface area contributed by atoms with Gasteiger partial charge < -0.3 is 14.9 Å². The molecule has 4 atom stereocenters. The molecule has 0 radical (unpaired) electrons. The second-order valence-electron chi connectivity index (χ2n) is 7.86. The van der Waals surface area contributed by atoms with Crippen molar-refractivity contribution >= 4 is 5.78 Å². The van der Waals surface area contributed by atoms with Gasteiger partial charge in [0.1, 0.15) is 5.75 Å². The number of Topliss-reactive ketones (excluding diaryl/α,β-unsaturated/α-hetero) is 1. The summed E-state index contributed by atoms with van der Waals surface area (Å²) in [5.41, 5.74) is 1.21. The molecule has 2 fully saturated rings. The number of aliphatic hydroxyl groups excluding tert-OH is 1. The summed E-state index contributed by atoms with van der Waals surface area (Å²) in [4.78, 5) is 15.0. The average molecular weight is 341 g/mol. The van der Waals surface area contributed by atoms with Gasteiger partial charge in [0.05, 0.1) is 17.6 Å². The van der Waals surface area contributed by atoms with Crippen LogP contribution in [-0.2, 0) is 23.2 Å². The number of carbonyl (C=O) groups excluding carboxylic acids is 1. The Morgan fingerprint density at radius 2 is 2.24 bits per heavy atom. The Hall–Kier alpha value is -1.69. The summed E-state index contributed by atoms with van der Waals surface area (Å²) in [6.07, 6.45) is 3.52. The first-order valence-corrected chi connectivity index (χ1v) is 9.09. The third-order valence-corrected chi connectivity index (χ3v) is 7.01. The fourth-order valence-corrected chi connectivity index (χ4v) is 5.99. The van der Waals surface area contributed by atoms with E-state index in [4.69, 9.17) is 4.74 Å². The van der Waals surface area contributed by atoms with E-state index in [1.165, 1.54) is 0 Å². The molecule has 1 unspecified atom stereocenters. The molecule has 5 nitrogen and oxygen atoms in total. The predicted octanol–water partition coefficient (Wildman–Crippen LogP) is 1.09. The molecular formula is C20H23NO4. The molecule has 1 aromatic rings. The molecule has 4 aliphatic rings. The maximum Gasteiger partial charge on any atom is 0.174 e. The van der Waals surface area contributed by atoms with Crippen molar-refractivity contribution in [1.29, 1.82) is 0 Å². The molecule has 25 heavy (non-hydrogen) atoms. The Bertz CT molecular complexity index is 790. The topological polar surface area (TPSA) is 70.0 Å². The number of hydrogen-bond acceptors (Lipinski definition) is 5. The number of rotatable bonds is 3. The average Bonchev–Trinajstić information content (AvgIpc) is 2.96. The third-order valence-electron chi connectivity index (χ3n) is 7.01. The smallest absolute Gasteiger partial charge is 0.174 e. The molecule has 2 aliphatic heterocycles. The van der Waals surface area contributed by atoms with E-state index in [0.29, 0.717) is 30.6 Å². The Kier molecular flexibility index (Phi) is 3.07. The van der Waals surface area contributed by atoms with Gasteiger partial charge in [-0.05, 0) is 24.8 Å². The Labute approximate surface area is 146 Å². The van der Waals surface area contributed by atoms with E-state index in [1.807, 2.05) is 18.2 Å². The van der Waals surface area contributed by atoms with Crippen LogP contribution in [0.3, 0.4) is 0 Å². The highest BCUT2D eigenvalue weighted by Crippen LogP contribution is 2.63. The molecular weight excluding hydrogens is 318 g/mol. The Morgan fingerprint density at radius 1 is 1.40 bits per heavy atom. The minimum absolute atomic E-state index is 0.0307. The number of hydrogen-bond donors (Lipinski definition) is 2. The van der Waals surface area contributed by atoms with Gasteiger partial charge in [-0.3, -0.25) is 9.69 Å². The van der Waals surface area contributed by atoms with Crippen molar-refractivity contribution in [3.8, 4) is 5.75 Å². The van der Waals surface area contributed by atoms with Gasteiger partial charge in [-0.1, -0.05) is 18.2 Å². The zero-order valence-corrected chi connectivity index (χ0v) is 14.2. The van der Waals surface area contributed by atoms with Crippen molar-refractivity contribution in [2.24, 2.45) is 0 Å². The lowest BCUT2D eigenvalue weighted by molar-refractivity contribution is -0.187. The number of piperidine rings is 1. The van der Waals surface area contributed by atoms with Crippen molar-refractivity contribution in [3.63, 3.8) is 0 Å².